The number of carbonyl (C=O) groups is 1. The molecule has 0 radical (unpaired) electrons. The van der Waals surface area contributed by atoms with E-state index in [1.165, 1.54) is 42.5 Å². The van der Waals surface area contributed by atoms with E-state index in [0.29, 0.717) is 6.20 Å². The Kier molecular flexibility index (Phi) is 5.44. The Morgan fingerprint density at radius 1 is 1.00 bits per heavy atom. The summed E-state index contributed by atoms with van der Waals surface area (Å²) < 4.78 is 48.0. The summed E-state index contributed by atoms with van der Waals surface area (Å²) in [4.78, 5) is 25.8. The third-order valence-corrected chi connectivity index (χ3v) is 3.61. The van der Waals surface area contributed by atoms with Crippen LogP contribution in [0, 0.1) is 10.1 Å². The van der Waals surface area contributed by atoms with Crippen LogP contribution >= 0.6 is 0 Å². The van der Waals surface area contributed by atoms with E-state index in [1.807, 2.05) is 0 Å². The fourth-order valence-corrected chi connectivity index (χ4v) is 2.22. The predicted molar refractivity (Wildman–Crippen MR) is 93.8 cm³/mol. The number of nitro groups is 1. The van der Waals surface area contributed by atoms with Crippen LogP contribution in [0.2, 0.25) is 0 Å². The SMILES string of the molecule is O=C(Oc1ccc(Oc2ccc(C(F)(F)F)cn2)cc1)c1cccc([N+](=O)[O-])c1. The molecule has 3 rings (SSSR count). The Bertz CT molecular complexity index is 1030. The Morgan fingerprint density at radius 3 is 2.28 bits per heavy atom. The van der Waals surface area contributed by atoms with Gasteiger partial charge in [-0.1, -0.05) is 6.07 Å². The number of non-ortho nitro benzene ring substituents is 1. The van der Waals surface area contributed by atoms with Crippen molar-refractivity contribution in [3.63, 3.8) is 0 Å². The molecule has 1 aromatic heterocycles. The number of esters is 1. The van der Waals surface area contributed by atoms with Crippen molar-refractivity contribution in [3.8, 4) is 17.4 Å². The number of carbonyl (C=O) groups excluding carboxylic acids is 1. The number of aromatic nitrogens is 1. The quantitative estimate of drug-likeness (QED) is 0.257. The fourth-order valence-electron chi connectivity index (χ4n) is 2.22. The zero-order chi connectivity index (χ0) is 21.0. The van der Waals surface area contributed by atoms with E-state index in [0.717, 1.165) is 18.2 Å². The van der Waals surface area contributed by atoms with Crippen LogP contribution in [0.4, 0.5) is 18.9 Å². The molecule has 0 spiro atoms. The van der Waals surface area contributed by atoms with Crippen molar-refractivity contribution in [2.45, 2.75) is 6.18 Å². The smallest absolute Gasteiger partial charge is 0.417 e. The zero-order valence-electron chi connectivity index (χ0n) is 14.4. The van der Waals surface area contributed by atoms with Crippen molar-refractivity contribution in [1.29, 1.82) is 0 Å². The third kappa shape index (κ3) is 5.06. The average molecular weight is 404 g/mol. The van der Waals surface area contributed by atoms with Crippen LogP contribution in [0.1, 0.15) is 15.9 Å². The maximum absolute atomic E-state index is 12.5. The number of hydrogen-bond donors (Lipinski definition) is 0. The second-order valence-electron chi connectivity index (χ2n) is 5.65. The highest BCUT2D eigenvalue weighted by Gasteiger charge is 2.30. The standard InChI is InChI=1S/C19H11F3N2O5/c20-19(21,22)13-4-9-17(23-11-13)28-15-5-7-16(8-6-15)29-18(25)12-2-1-3-14(10-12)24(26)27/h1-11H. The minimum absolute atomic E-state index is 0.00785. The molecule has 2 aromatic carbocycles. The normalized spacial score (nSPS) is 11.0. The summed E-state index contributed by atoms with van der Waals surface area (Å²) in [5.74, 6) is -0.423. The van der Waals surface area contributed by atoms with Crippen molar-refractivity contribution in [3.05, 3.63) is 88.1 Å². The lowest BCUT2D eigenvalue weighted by Crippen LogP contribution is -2.08. The molecule has 0 unspecified atom stereocenters. The van der Waals surface area contributed by atoms with E-state index in [9.17, 15) is 28.1 Å². The number of ether oxygens (including phenoxy) is 2. The maximum atomic E-state index is 12.5. The summed E-state index contributed by atoms with van der Waals surface area (Å²) in [6, 6.07) is 12.7. The minimum atomic E-state index is -4.49. The van der Waals surface area contributed by atoms with Crippen LogP contribution in [0.3, 0.4) is 0 Å². The summed E-state index contributed by atoms with van der Waals surface area (Å²) in [7, 11) is 0. The molecule has 0 aliphatic rings. The van der Waals surface area contributed by atoms with Crippen molar-refractivity contribution in [2.75, 3.05) is 0 Å². The third-order valence-electron chi connectivity index (χ3n) is 3.61. The molecule has 10 heteroatoms. The molecular weight excluding hydrogens is 393 g/mol. The first-order chi connectivity index (χ1) is 13.7. The number of nitro benzene ring substituents is 1. The first kappa shape index (κ1) is 19.8. The van der Waals surface area contributed by atoms with Crippen LogP contribution in [0.5, 0.6) is 17.4 Å². The van der Waals surface area contributed by atoms with E-state index >= 15 is 0 Å². The zero-order valence-corrected chi connectivity index (χ0v) is 14.4. The molecule has 0 aliphatic carbocycles. The molecule has 0 amide bonds. The Balaban J connectivity index is 1.65. The van der Waals surface area contributed by atoms with Gasteiger partial charge in [0.15, 0.2) is 0 Å². The molecule has 0 fully saturated rings. The van der Waals surface area contributed by atoms with Crippen molar-refractivity contribution in [2.24, 2.45) is 0 Å². The van der Waals surface area contributed by atoms with Gasteiger partial charge in [-0.25, -0.2) is 9.78 Å². The van der Waals surface area contributed by atoms with E-state index in [-0.39, 0.29) is 28.6 Å². The van der Waals surface area contributed by atoms with Gasteiger partial charge in [0.05, 0.1) is 16.1 Å². The van der Waals surface area contributed by atoms with E-state index in [4.69, 9.17) is 9.47 Å². The van der Waals surface area contributed by atoms with Gasteiger partial charge in [-0.15, -0.1) is 0 Å². The summed E-state index contributed by atoms with van der Waals surface area (Å²) in [6.07, 6.45) is -3.83. The number of rotatable bonds is 5. The molecular formula is C19H11F3N2O5. The summed E-state index contributed by atoms with van der Waals surface area (Å²) >= 11 is 0. The fraction of sp³-hybridized carbons (Fsp3) is 0.0526. The summed E-state index contributed by atoms with van der Waals surface area (Å²) in [6.45, 7) is 0. The molecule has 1 heterocycles. The molecule has 0 saturated carbocycles. The highest BCUT2D eigenvalue weighted by Crippen LogP contribution is 2.30. The van der Waals surface area contributed by atoms with Gasteiger partial charge >= 0.3 is 12.1 Å². The van der Waals surface area contributed by atoms with Gasteiger partial charge in [-0.05, 0) is 36.4 Å². The van der Waals surface area contributed by atoms with Gasteiger partial charge in [0.2, 0.25) is 5.88 Å². The first-order valence-corrected chi connectivity index (χ1v) is 8.00. The lowest BCUT2D eigenvalue weighted by molar-refractivity contribution is -0.384. The predicted octanol–water partition coefficient (Wildman–Crippen LogP) is 5.02. The second-order valence-corrected chi connectivity index (χ2v) is 5.65. The Hall–Kier alpha value is -3.95. The molecule has 0 bridgehead atoms. The number of nitrogens with zero attached hydrogens (tertiary/aromatic N) is 2. The molecule has 7 nitrogen and oxygen atoms in total. The highest BCUT2D eigenvalue weighted by molar-refractivity contribution is 5.91. The Morgan fingerprint density at radius 2 is 1.69 bits per heavy atom. The van der Waals surface area contributed by atoms with Crippen LogP contribution in [-0.2, 0) is 6.18 Å². The maximum Gasteiger partial charge on any atom is 0.417 e. The van der Waals surface area contributed by atoms with Gasteiger partial charge in [0.25, 0.3) is 5.69 Å². The molecule has 0 saturated heterocycles. The van der Waals surface area contributed by atoms with Crippen LogP contribution in [-0.4, -0.2) is 15.9 Å². The van der Waals surface area contributed by atoms with E-state index in [2.05, 4.69) is 4.98 Å². The van der Waals surface area contributed by atoms with Gasteiger partial charge in [-0.2, -0.15) is 13.2 Å². The van der Waals surface area contributed by atoms with Gasteiger partial charge in [0, 0.05) is 24.4 Å². The van der Waals surface area contributed by atoms with E-state index < -0.39 is 22.6 Å². The highest BCUT2D eigenvalue weighted by atomic mass is 19.4. The lowest BCUT2D eigenvalue weighted by atomic mass is 10.2. The monoisotopic (exact) mass is 404 g/mol. The average Bonchev–Trinajstić information content (AvgIpc) is 2.69. The number of halogens is 3. The molecule has 3 aromatic rings. The van der Waals surface area contributed by atoms with E-state index in [1.54, 1.807) is 0 Å². The van der Waals surface area contributed by atoms with Crippen molar-refractivity contribution < 1.29 is 32.4 Å². The topological polar surface area (TPSA) is 91.6 Å². The molecule has 0 aliphatic heterocycles. The van der Waals surface area contributed by atoms with Crippen molar-refractivity contribution >= 4 is 11.7 Å². The number of benzene rings is 2. The first-order valence-electron chi connectivity index (χ1n) is 8.00. The lowest BCUT2D eigenvalue weighted by Gasteiger charge is -2.09. The molecule has 0 N–H and O–H groups in total. The number of hydrogen-bond acceptors (Lipinski definition) is 6. The largest absolute Gasteiger partial charge is 0.439 e. The van der Waals surface area contributed by atoms with Crippen LogP contribution in [0.15, 0.2) is 66.9 Å². The number of alkyl halides is 3. The summed E-state index contributed by atoms with van der Waals surface area (Å²) in [5.41, 5.74) is -1.13. The van der Waals surface area contributed by atoms with Crippen molar-refractivity contribution in [1.82, 2.24) is 4.98 Å². The molecule has 0 atom stereocenters. The Labute approximate surface area is 161 Å². The van der Waals surface area contributed by atoms with Crippen LogP contribution in [0.25, 0.3) is 0 Å². The summed E-state index contributed by atoms with van der Waals surface area (Å²) in [5, 5.41) is 10.8. The number of pyridine rings is 1. The van der Waals surface area contributed by atoms with Gasteiger partial charge in [0.1, 0.15) is 11.5 Å². The minimum Gasteiger partial charge on any atom is -0.439 e. The second kappa shape index (κ2) is 7.97. The van der Waals surface area contributed by atoms with Crippen LogP contribution < -0.4 is 9.47 Å². The van der Waals surface area contributed by atoms with Gasteiger partial charge < -0.3 is 9.47 Å². The van der Waals surface area contributed by atoms with Gasteiger partial charge in [-0.3, -0.25) is 10.1 Å². The molecule has 29 heavy (non-hydrogen) atoms. The molecule has 148 valence electrons.